The first kappa shape index (κ1) is 17.3. The molecule has 6 nitrogen and oxygen atoms in total. The van der Waals surface area contributed by atoms with Crippen molar-refractivity contribution < 1.29 is 19.5 Å². The highest BCUT2D eigenvalue weighted by atomic mass is 32.2. The number of nitrogens with one attached hydrogen (secondary N) is 2. The molecule has 0 aromatic heterocycles. The number of fused-ring (bicyclic) bond motifs is 1. The van der Waals surface area contributed by atoms with Crippen molar-refractivity contribution in [2.75, 3.05) is 5.32 Å². The SMILES string of the molecule is CCCC[C@H](NC(=O)c1ccc2c(c1)NC(=O)C(C)S2)C(=O)O. The Balaban J connectivity index is 2.12. The molecule has 2 rings (SSSR count). The number of carbonyl (C=O) groups is 3. The first-order chi connectivity index (χ1) is 10.9. The molecule has 0 bridgehead atoms. The van der Waals surface area contributed by atoms with Crippen molar-refractivity contribution in [3.8, 4) is 0 Å². The highest BCUT2D eigenvalue weighted by Gasteiger charge is 2.25. The summed E-state index contributed by atoms with van der Waals surface area (Å²) in [5.74, 6) is -1.59. The minimum atomic E-state index is -1.04. The van der Waals surface area contributed by atoms with Crippen molar-refractivity contribution >= 4 is 35.2 Å². The molecule has 3 N–H and O–H groups in total. The molecule has 0 radical (unpaired) electrons. The van der Waals surface area contributed by atoms with Crippen LogP contribution < -0.4 is 10.6 Å². The van der Waals surface area contributed by atoms with E-state index in [-0.39, 0.29) is 11.2 Å². The van der Waals surface area contributed by atoms with Gasteiger partial charge < -0.3 is 15.7 Å². The van der Waals surface area contributed by atoms with Gasteiger partial charge in [-0.25, -0.2) is 4.79 Å². The zero-order chi connectivity index (χ0) is 17.0. The predicted molar refractivity (Wildman–Crippen MR) is 88.8 cm³/mol. The Morgan fingerprint density at radius 1 is 1.43 bits per heavy atom. The monoisotopic (exact) mass is 336 g/mol. The molecule has 1 heterocycles. The Kier molecular flexibility index (Phi) is 5.65. The molecular weight excluding hydrogens is 316 g/mol. The summed E-state index contributed by atoms with van der Waals surface area (Å²) in [6.45, 7) is 3.78. The number of hydrogen-bond donors (Lipinski definition) is 3. The summed E-state index contributed by atoms with van der Waals surface area (Å²) < 4.78 is 0. The summed E-state index contributed by atoms with van der Waals surface area (Å²) in [5.41, 5.74) is 0.924. The molecule has 2 atom stereocenters. The van der Waals surface area contributed by atoms with Crippen molar-refractivity contribution in [1.29, 1.82) is 0 Å². The van der Waals surface area contributed by atoms with E-state index >= 15 is 0 Å². The first-order valence-electron chi connectivity index (χ1n) is 7.57. The lowest BCUT2D eigenvalue weighted by Crippen LogP contribution is -2.40. The number of carbonyl (C=O) groups excluding carboxylic acids is 2. The number of benzene rings is 1. The van der Waals surface area contributed by atoms with Crippen LogP contribution in [-0.4, -0.2) is 34.2 Å². The van der Waals surface area contributed by atoms with Crippen LogP contribution in [0.25, 0.3) is 0 Å². The summed E-state index contributed by atoms with van der Waals surface area (Å²) >= 11 is 1.43. The van der Waals surface area contributed by atoms with Gasteiger partial charge in [-0.3, -0.25) is 9.59 Å². The van der Waals surface area contributed by atoms with Crippen LogP contribution in [0.2, 0.25) is 0 Å². The van der Waals surface area contributed by atoms with Crippen LogP contribution in [0.5, 0.6) is 0 Å². The molecule has 1 aliphatic heterocycles. The second-order valence-corrected chi connectivity index (χ2v) is 6.85. The standard InChI is InChI=1S/C16H20N2O4S/c1-3-4-5-11(16(21)22)17-15(20)10-6-7-13-12(8-10)18-14(19)9(2)23-13/h6-9,11H,3-5H2,1-2H3,(H,17,20)(H,18,19)(H,21,22)/t9?,11-/m0/s1. The van der Waals surface area contributed by atoms with Gasteiger partial charge in [0.1, 0.15) is 6.04 Å². The molecule has 1 unspecified atom stereocenters. The molecule has 1 aliphatic rings. The molecule has 1 aromatic rings. The van der Waals surface area contributed by atoms with Gasteiger partial charge in [-0.05, 0) is 31.5 Å². The summed E-state index contributed by atoms with van der Waals surface area (Å²) in [5, 5.41) is 14.3. The smallest absolute Gasteiger partial charge is 0.326 e. The fourth-order valence-corrected chi connectivity index (χ4v) is 3.19. The van der Waals surface area contributed by atoms with E-state index < -0.39 is 17.9 Å². The van der Waals surface area contributed by atoms with Crippen LogP contribution in [0.3, 0.4) is 0 Å². The summed E-state index contributed by atoms with van der Waals surface area (Å²) in [6, 6.07) is 4.10. The lowest BCUT2D eigenvalue weighted by molar-refractivity contribution is -0.139. The van der Waals surface area contributed by atoms with Crippen LogP contribution in [0.1, 0.15) is 43.5 Å². The van der Waals surface area contributed by atoms with Crippen LogP contribution in [-0.2, 0) is 9.59 Å². The van der Waals surface area contributed by atoms with Crippen molar-refractivity contribution in [2.24, 2.45) is 0 Å². The number of hydrogen-bond acceptors (Lipinski definition) is 4. The average Bonchev–Trinajstić information content (AvgIpc) is 2.51. The first-order valence-corrected chi connectivity index (χ1v) is 8.45. The largest absolute Gasteiger partial charge is 0.480 e. The van der Waals surface area contributed by atoms with Crippen molar-refractivity contribution in [3.63, 3.8) is 0 Å². The predicted octanol–water partition coefficient (Wildman–Crippen LogP) is 2.49. The van der Waals surface area contributed by atoms with Gasteiger partial charge >= 0.3 is 5.97 Å². The number of amides is 2. The quantitative estimate of drug-likeness (QED) is 0.742. The molecule has 0 saturated carbocycles. The third-order valence-corrected chi connectivity index (χ3v) is 4.80. The third kappa shape index (κ3) is 4.25. The van der Waals surface area contributed by atoms with Gasteiger partial charge in [0, 0.05) is 10.5 Å². The van der Waals surface area contributed by atoms with Crippen molar-refractivity contribution in [1.82, 2.24) is 5.32 Å². The summed E-state index contributed by atoms with van der Waals surface area (Å²) in [4.78, 5) is 36.1. The Hall–Kier alpha value is -2.02. The maximum atomic E-state index is 12.3. The van der Waals surface area contributed by atoms with Crippen LogP contribution >= 0.6 is 11.8 Å². The number of carboxylic acid groups (broad SMARTS) is 1. The number of thioether (sulfide) groups is 1. The minimum Gasteiger partial charge on any atom is -0.480 e. The molecule has 23 heavy (non-hydrogen) atoms. The number of carboxylic acids is 1. The zero-order valence-corrected chi connectivity index (χ0v) is 13.9. The van der Waals surface area contributed by atoms with Crippen molar-refractivity contribution in [2.45, 2.75) is 49.3 Å². The minimum absolute atomic E-state index is 0.105. The van der Waals surface area contributed by atoms with Crippen LogP contribution in [0, 0.1) is 0 Å². The van der Waals surface area contributed by atoms with E-state index in [1.54, 1.807) is 18.2 Å². The van der Waals surface area contributed by atoms with Gasteiger partial charge in [-0.15, -0.1) is 11.8 Å². The van der Waals surface area contributed by atoms with Gasteiger partial charge in [0.2, 0.25) is 5.91 Å². The van der Waals surface area contributed by atoms with Crippen LogP contribution in [0.4, 0.5) is 5.69 Å². The maximum absolute atomic E-state index is 12.3. The van der Waals surface area contributed by atoms with E-state index in [2.05, 4.69) is 10.6 Å². The highest BCUT2D eigenvalue weighted by Crippen LogP contribution is 2.35. The normalized spacial score (nSPS) is 17.8. The van der Waals surface area contributed by atoms with E-state index in [0.29, 0.717) is 17.7 Å². The third-order valence-electron chi connectivity index (χ3n) is 3.62. The molecule has 0 spiro atoms. The Bertz CT molecular complexity index is 633. The molecule has 0 saturated heterocycles. The molecule has 0 fully saturated rings. The van der Waals surface area contributed by atoms with Gasteiger partial charge in [-0.1, -0.05) is 19.8 Å². The van der Waals surface area contributed by atoms with Gasteiger partial charge in [0.15, 0.2) is 0 Å². The molecule has 1 aromatic carbocycles. The highest BCUT2D eigenvalue weighted by molar-refractivity contribution is 8.00. The average molecular weight is 336 g/mol. The molecule has 2 amide bonds. The van der Waals surface area contributed by atoms with E-state index in [0.717, 1.165) is 17.7 Å². The fourth-order valence-electron chi connectivity index (χ4n) is 2.26. The molecule has 7 heteroatoms. The van der Waals surface area contributed by atoms with E-state index in [1.807, 2.05) is 13.8 Å². The van der Waals surface area contributed by atoms with E-state index in [1.165, 1.54) is 11.8 Å². The topological polar surface area (TPSA) is 95.5 Å². The zero-order valence-electron chi connectivity index (χ0n) is 13.1. The lowest BCUT2D eigenvalue weighted by atomic mass is 10.1. The Morgan fingerprint density at radius 2 is 2.17 bits per heavy atom. The van der Waals surface area contributed by atoms with Crippen molar-refractivity contribution in [3.05, 3.63) is 23.8 Å². The lowest BCUT2D eigenvalue weighted by Gasteiger charge is -2.22. The van der Waals surface area contributed by atoms with Gasteiger partial charge in [-0.2, -0.15) is 0 Å². The summed E-state index contributed by atoms with van der Waals surface area (Å²) in [7, 11) is 0. The number of anilines is 1. The number of rotatable bonds is 6. The van der Waals surface area contributed by atoms with E-state index in [9.17, 15) is 19.5 Å². The fraction of sp³-hybridized carbons (Fsp3) is 0.438. The summed E-state index contributed by atoms with van der Waals surface area (Å²) in [6.07, 6.45) is 1.98. The number of aliphatic carboxylic acids is 1. The second-order valence-electron chi connectivity index (χ2n) is 5.47. The maximum Gasteiger partial charge on any atom is 0.326 e. The Labute approximate surface area is 139 Å². The van der Waals surface area contributed by atoms with Gasteiger partial charge in [0.25, 0.3) is 5.91 Å². The second kappa shape index (κ2) is 7.50. The number of unbranched alkanes of at least 4 members (excludes halogenated alkanes) is 1. The molecule has 124 valence electrons. The van der Waals surface area contributed by atoms with E-state index in [4.69, 9.17) is 0 Å². The van der Waals surface area contributed by atoms with Crippen LogP contribution in [0.15, 0.2) is 23.1 Å². The van der Waals surface area contributed by atoms with Gasteiger partial charge in [0.05, 0.1) is 10.9 Å². The Morgan fingerprint density at radius 3 is 2.83 bits per heavy atom. The molecule has 0 aliphatic carbocycles. The molecular formula is C16H20N2O4S.